The topological polar surface area (TPSA) is 57.2 Å². The first-order chi connectivity index (χ1) is 7.06. The molecule has 1 aromatic heterocycles. The lowest BCUT2D eigenvalue weighted by atomic mass is 9.90. The minimum absolute atomic E-state index is 0.0724. The van der Waals surface area contributed by atoms with Crippen LogP contribution < -0.4 is 16.0 Å². The summed E-state index contributed by atoms with van der Waals surface area (Å²) in [6, 6.07) is 1.74. The molecule has 0 saturated heterocycles. The third-order valence-corrected chi connectivity index (χ3v) is 3.17. The van der Waals surface area contributed by atoms with Gasteiger partial charge in [-0.1, -0.05) is 0 Å². The summed E-state index contributed by atoms with van der Waals surface area (Å²) < 4.78 is 7.95. The molecule has 1 aliphatic carbocycles. The van der Waals surface area contributed by atoms with Gasteiger partial charge in [-0.2, -0.15) is 0 Å². The highest BCUT2D eigenvalue weighted by Crippen LogP contribution is 2.28. The maximum absolute atomic E-state index is 11.4. The Kier molecular flexibility index (Phi) is 2.84. The Balaban J connectivity index is 2.14. The van der Waals surface area contributed by atoms with Gasteiger partial charge in [0.2, 0.25) is 0 Å². The van der Waals surface area contributed by atoms with Crippen molar-refractivity contribution in [3.8, 4) is 5.75 Å². The second-order valence-corrected chi connectivity index (χ2v) is 4.76. The van der Waals surface area contributed by atoms with Crippen molar-refractivity contribution in [1.82, 2.24) is 4.57 Å². The smallest absolute Gasteiger partial charge is 0.254 e. The van der Waals surface area contributed by atoms with Crippen molar-refractivity contribution in [3.63, 3.8) is 0 Å². The van der Waals surface area contributed by atoms with Gasteiger partial charge < -0.3 is 15.0 Å². The van der Waals surface area contributed by atoms with Crippen LogP contribution in [0.15, 0.2) is 21.5 Å². The van der Waals surface area contributed by atoms with Crippen LogP contribution in [0.5, 0.6) is 5.75 Å². The van der Waals surface area contributed by atoms with Crippen LogP contribution in [-0.2, 0) is 7.05 Å². The quantitative estimate of drug-likeness (QED) is 0.875. The predicted octanol–water partition coefficient (Wildman–Crippen LogP) is 1.02. The highest BCUT2D eigenvalue weighted by atomic mass is 79.9. The number of ether oxygens (including phenoxy) is 1. The van der Waals surface area contributed by atoms with Crippen LogP contribution in [0, 0.1) is 0 Å². The summed E-state index contributed by atoms with van der Waals surface area (Å²) in [6.45, 7) is 0. The highest BCUT2D eigenvalue weighted by Gasteiger charge is 2.28. The molecule has 0 aliphatic heterocycles. The monoisotopic (exact) mass is 272 g/mol. The van der Waals surface area contributed by atoms with Gasteiger partial charge in [-0.05, 0) is 28.8 Å². The molecule has 0 aromatic carbocycles. The first-order valence-corrected chi connectivity index (χ1v) is 5.64. The lowest BCUT2D eigenvalue weighted by Gasteiger charge is -2.32. The van der Waals surface area contributed by atoms with Crippen molar-refractivity contribution in [2.75, 3.05) is 0 Å². The summed E-state index contributed by atoms with van der Waals surface area (Å²) in [5.74, 6) is 0.606. The first-order valence-electron chi connectivity index (χ1n) is 4.84. The Labute approximate surface area is 96.2 Å². The van der Waals surface area contributed by atoms with E-state index in [1.165, 1.54) is 10.6 Å². The summed E-state index contributed by atoms with van der Waals surface area (Å²) in [4.78, 5) is 11.4. The molecule has 0 spiro atoms. The number of hydrogen-bond acceptors (Lipinski definition) is 3. The number of halogens is 1. The van der Waals surface area contributed by atoms with Gasteiger partial charge in [-0.25, -0.2) is 0 Å². The zero-order chi connectivity index (χ0) is 11.0. The van der Waals surface area contributed by atoms with Crippen LogP contribution in [0.3, 0.4) is 0 Å². The van der Waals surface area contributed by atoms with Crippen molar-refractivity contribution < 1.29 is 4.74 Å². The standard InChI is InChI=1S/C10H13BrN2O2/c1-13-5-8(11)9(4-10(13)14)15-7-2-6(12)3-7/h4-7H,2-3,12H2,1H3. The SMILES string of the molecule is Cn1cc(Br)c(OC2CC(N)C2)cc1=O. The molecule has 1 saturated carbocycles. The predicted molar refractivity (Wildman–Crippen MR) is 61.0 cm³/mol. The average Bonchev–Trinajstić information content (AvgIpc) is 2.11. The first kappa shape index (κ1) is 10.7. The number of hydrogen-bond donors (Lipinski definition) is 1. The molecular weight excluding hydrogens is 260 g/mol. The normalized spacial score (nSPS) is 24.7. The van der Waals surface area contributed by atoms with E-state index in [1.807, 2.05) is 0 Å². The number of aryl methyl sites for hydroxylation is 1. The van der Waals surface area contributed by atoms with E-state index in [-0.39, 0.29) is 17.7 Å². The Morgan fingerprint density at radius 3 is 2.87 bits per heavy atom. The van der Waals surface area contributed by atoms with Crippen molar-refractivity contribution in [2.45, 2.75) is 25.0 Å². The molecule has 82 valence electrons. The summed E-state index contributed by atoms with van der Waals surface area (Å²) >= 11 is 3.36. The van der Waals surface area contributed by atoms with Crippen molar-refractivity contribution in [3.05, 3.63) is 27.1 Å². The van der Waals surface area contributed by atoms with Crippen LogP contribution in [0.25, 0.3) is 0 Å². The van der Waals surface area contributed by atoms with E-state index in [4.69, 9.17) is 10.5 Å². The summed E-state index contributed by atoms with van der Waals surface area (Å²) in [6.07, 6.45) is 3.59. The van der Waals surface area contributed by atoms with Crippen LogP contribution in [0.4, 0.5) is 0 Å². The zero-order valence-corrected chi connectivity index (χ0v) is 10.0. The minimum atomic E-state index is -0.0724. The minimum Gasteiger partial charge on any atom is -0.489 e. The molecule has 2 rings (SSSR count). The van der Waals surface area contributed by atoms with Gasteiger partial charge in [0.05, 0.1) is 4.47 Å². The van der Waals surface area contributed by atoms with E-state index in [0.717, 1.165) is 17.3 Å². The maximum atomic E-state index is 11.4. The Bertz CT molecular complexity index is 424. The van der Waals surface area contributed by atoms with Crippen LogP contribution in [0.1, 0.15) is 12.8 Å². The second-order valence-electron chi connectivity index (χ2n) is 3.91. The molecule has 5 heteroatoms. The van der Waals surface area contributed by atoms with Crippen LogP contribution >= 0.6 is 15.9 Å². The average molecular weight is 273 g/mol. The van der Waals surface area contributed by atoms with E-state index < -0.39 is 0 Å². The molecule has 1 aromatic rings. The van der Waals surface area contributed by atoms with Gasteiger partial charge in [-0.3, -0.25) is 4.79 Å². The molecule has 0 bridgehead atoms. The molecule has 15 heavy (non-hydrogen) atoms. The van der Waals surface area contributed by atoms with E-state index in [2.05, 4.69) is 15.9 Å². The van der Waals surface area contributed by atoms with Crippen molar-refractivity contribution in [2.24, 2.45) is 12.8 Å². The van der Waals surface area contributed by atoms with E-state index in [0.29, 0.717) is 5.75 Å². The molecule has 2 N–H and O–H groups in total. The fourth-order valence-electron chi connectivity index (χ4n) is 1.55. The Morgan fingerprint density at radius 2 is 2.27 bits per heavy atom. The van der Waals surface area contributed by atoms with Gasteiger partial charge in [0, 0.05) is 25.4 Å². The van der Waals surface area contributed by atoms with Gasteiger partial charge in [0.25, 0.3) is 5.56 Å². The molecule has 0 unspecified atom stereocenters. The number of nitrogens with zero attached hydrogens (tertiary/aromatic N) is 1. The number of rotatable bonds is 2. The summed E-state index contributed by atoms with van der Waals surface area (Å²) in [7, 11) is 1.70. The molecule has 0 atom stereocenters. The fraction of sp³-hybridized carbons (Fsp3) is 0.500. The largest absolute Gasteiger partial charge is 0.489 e. The molecular formula is C10H13BrN2O2. The van der Waals surface area contributed by atoms with Gasteiger partial charge in [0.1, 0.15) is 11.9 Å². The van der Waals surface area contributed by atoms with Crippen LogP contribution in [0.2, 0.25) is 0 Å². The van der Waals surface area contributed by atoms with Crippen molar-refractivity contribution in [1.29, 1.82) is 0 Å². The summed E-state index contributed by atoms with van der Waals surface area (Å²) in [5.41, 5.74) is 5.58. The van der Waals surface area contributed by atoms with Crippen molar-refractivity contribution >= 4 is 15.9 Å². The Hall–Kier alpha value is -0.810. The molecule has 4 nitrogen and oxygen atoms in total. The van der Waals surface area contributed by atoms with E-state index in [1.54, 1.807) is 13.2 Å². The van der Waals surface area contributed by atoms with E-state index >= 15 is 0 Å². The fourth-order valence-corrected chi connectivity index (χ4v) is 2.07. The lowest BCUT2D eigenvalue weighted by molar-refractivity contribution is 0.0997. The van der Waals surface area contributed by atoms with Crippen LogP contribution in [-0.4, -0.2) is 16.7 Å². The molecule has 1 heterocycles. The van der Waals surface area contributed by atoms with Gasteiger partial charge in [-0.15, -0.1) is 0 Å². The molecule has 0 radical (unpaired) electrons. The highest BCUT2D eigenvalue weighted by molar-refractivity contribution is 9.10. The maximum Gasteiger partial charge on any atom is 0.254 e. The zero-order valence-electron chi connectivity index (χ0n) is 8.44. The molecule has 0 amide bonds. The van der Waals surface area contributed by atoms with Gasteiger partial charge >= 0.3 is 0 Å². The van der Waals surface area contributed by atoms with E-state index in [9.17, 15) is 4.79 Å². The molecule has 1 fully saturated rings. The lowest BCUT2D eigenvalue weighted by Crippen LogP contribution is -2.43. The number of nitrogens with two attached hydrogens (primary N) is 1. The Morgan fingerprint density at radius 1 is 1.60 bits per heavy atom. The molecule has 1 aliphatic rings. The number of pyridine rings is 1. The van der Waals surface area contributed by atoms with Gasteiger partial charge in [0.15, 0.2) is 0 Å². The summed E-state index contributed by atoms with van der Waals surface area (Å²) in [5, 5.41) is 0. The third kappa shape index (κ3) is 2.23. The number of aromatic nitrogens is 1. The third-order valence-electron chi connectivity index (χ3n) is 2.57. The second kappa shape index (κ2) is 3.98.